The highest BCUT2D eigenvalue weighted by Crippen LogP contribution is 2.18. The van der Waals surface area contributed by atoms with Crippen LogP contribution in [-0.2, 0) is 21.3 Å². The Morgan fingerprint density at radius 2 is 2.10 bits per heavy atom. The zero-order valence-corrected chi connectivity index (χ0v) is 12.9. The first kappa shape index (κ1) is 18.0. The Morgan fingerprint density at radius 3 is 2.57 bits per heavy atom. The number of hydrogen-bond acceptors (Lipinski definition) is 4. The van der Waals surface area contributed by atoms with Crippen molar-refractivity contribution in [3.63, 3.8) is 0 Å². The van der Waals surface area contributed by atoms with E-state index < -0.39 is 23.1 Å². The second-order valence-electron chi connectivity index (χ2n) is 4.74. The fraction of sp³-hybridized carbons (Fsp3) is 0.667. The summed E-state index contributed by atoms with van der Waals surface area (Å²) in [7, 11) is -3.70. The number of alkyl halides is 2. The van der Waals surface area contributed by atoms with Crippen LogP contribution in [0.5, 0.6) is 0 Å². The number of sulfonamides is 1. The first-order chi connectivity index (χ1) is 9.77. The van der Waals surface area contributed by atoms with Gasteiger partial charge in [0.15, 0.2) is 0 Å². The molecule has 0 aromatic carbocycles. The van der Waals surface area contributed by atoms with Gasteiger partial charge in [-0.15, -0.1) is 0 Å². The topological polar surface area (TPSA) is 86.3 Å². The Morgan fingerprint density at radius 1 is 1.43 bits per heavy atom. The van der Waals surface area contributed by atoms with Crippen LogP contribution in [0.2, 0.25) is 0 Å². The van der Waals surface area contributed by atoms with Crippen LogP contribution in [0.4, 0.5) is 8.78 Å². The lowest BCUT2D eigenvalue weighted by atomic mass is 10.3. The molecule has 0 amide bonds. The number of ether oxygens (including phenoxy) is 1. The maximum absolute atomic E-state index is 12.1. The van der Waals surface area contributed by atoms with E-state index in [1.807, 2.05) is 13.8 Å². The van der Waals surface area contributed by atoms with Gasteiger partial charge in [-0.1, -0.05) is 0 Å². The quantitative estimate of drug-likeness (QED) is 0.665. The van der Waals surface area contributed by atoms with Gasteiger partial charge in [0.2, 0.25) is 10.0 Å². The predicted molar refractivity (Wildman–Crippen MR) is 74.7 cm³/mol. The molecule has 21 heavy (non-hydrogen) atoms. The highest BCUT2D eigenvalue weighted by Gasteiger charge is 2.18. The van der Waals surface area contributed by atoms with Crippen molar-refractivity contribution >= 4 is 10.0 Å². The summed E-state index contributed by atoms with van der Waals surface area (Å²) in [6, 6.07) is 1.59. The first-order valence-electron chi connectivity index (χ1n) is 6.54. The third-order valence-electron chi connectivity index (χ3n) is 2.76. The molecule has 0 aliphatic rings. The minimum absolute atomic E-state index is 0.0696. The zero-order chi connectivity index (χ0) is 16.0. The molecule has 0 aliphatic carbocycles. The number of rotatable bonds is 9. The molecule has 0 saturated heterocycles. The van der Waals surface area contributed by atoms with Crippen LogP contribution in [0.25, 0.3) is 0 Å². The van der Waals surface area contributed by atoms with Gasteiger partial charge in [-0.25, -0.2) is 21.9 Å². The van der Waals surface area contributed by atoms with Gasteiger partial charge in [-0.3, -0.25) is 0 Å². The Hall–Kier alpha value is -1.03. The van der Waals surface area contributed by atoms with Gasteiger partial charge in [0.05, 0.1) is 11.5 Å². The van der Waals surface area contributed by atoms with Crippen LogP contribution in [0.1, 0.15) is 25.6 Å². The second kappa shape index (κ2) is 7.83. The van der Waals surface area contributed by atoms with Crippen molar-refractivity contribution in [1.29, 1.82) is 0 Å². The maximum Gasteiger partial charge on any atom is 0.261 e. The SMILES string of the molecule is CC(C)n1cc(S(=O)(=O)NCCOCC(F)F)cc1CN. The van der Waals surface area contributed by atoms with E-state index in [0.717, 1.165) is 0 Å². The zero-order valence-electron chi connectivity index (χ0n) is 12.1. The predicted octanol–water partition coefficient (Wildman–Crippen LogP) is 1.09. The van der Waals surface area contributed by atoms with E-state index in [1.54, 1.807) is 4.57 Å². The average Bonchev–Trinajstić information content (AvgIpc) is 2.82. The molecule has 0 radical (unpaired) electrons. The lowest BCUT2D eigenvalue weighted by molar-refractivity contribution is 0.0199. The smallest absolute Gasteiger partial charge is 0.261 e. The molecule has 9 heteroatoms. The molecule has 0 saturated carbocycles. The molecule has 0 spiro atoms. The largest absolute Gasteiger partial charge is 0.374 e. The number of hydrogen-bond donors (Lipinski definition) is 2. The van der Waals surface area contributed by atoms with Gasteiger partial charge in [0, 0.05) is 31.0 Å². The van der Waals surface area contributed by atoms with E-state index in [9.17, 15) is 17.2 Å². The molecule has 1 aromatic rings. The molecule has 6 nitrogen and oxygen atoms in total. The third kappa shape index (κ3) is 5.34. The normalized spacial score (nSPS) is 12.5. The van der Waals surface area contributed by atoms with Gasteiger partial charge in [-0.2, -0.15) is 0 Å². The summed E-state index contributed by atoms with van der Waals surface area (Å²) in [6.45, 7) is 3.17. The monoisotopic (exact) mass is 325 g/mol. The lowest BCUT2D eigenvalue weighted by Gasteiger charge is -2.10. The standard InChI is InChI=1S/C12H21F2N3O3S/c1-9(2)17-7-11(5-10(17)6-15)21(18,19)16-3-4-20-8-12(13)14/h5,7,9,12,16H,3-4,6,8,15H2,1-2H3. The van der Waals surface area contributed by atoms with Crippen molar-refractivity contribution in [1.82, 2.24) is 9.29 Å². The number of halogens is 2. The van der Waals surface area contributed by atoms with Crippen LogP contribution in [0.3, 0.4) is 0 Å². The molecule has 1 rings (SSSR count). The summed E-state index contributed by atoms with van der Waals surface area (Å²) in [5.74, 6) is 0. The van der Waals surface area contributed by atoms with E-state index in [4.69, 9.17) is 5.73 Å². The van der Waals surface area contributed by atoms with Crippen LogP contribution in [-0.4, -0.2) is 39.2 Å². The van der Waals surface area contributed by atoms with Crippen molar-refractivity contribution in [3.05, 3.63) is 18.0 Å². The average molecular weight is 325 g/mol. The van der Waals surface area contributed by atoms with E-state index in [0.29, 0.717) is 5.69 Å². The summed E-state index contributed by atoms with van der Waals surface area (Å²) in [5, 5.41) is 0. The third-order valence-corrected chi connectivity index (χ3v) is 4.19. The van der Waals surface area contributed by atoms with Crippen molar-refractivity contribution in [2.24, 2.45) is 5.73 Å². The van der Waals surface area contributed by atoms with Crippen molar-refractivity contribution in [2.75, 3.05) is 19.8 Å². The molecular weight excluding hydrogens is 304 g/mol. The molecule has 0 atom stereocenters. The molecule has 0 aliphatic heterocycles. The fourth-order valence-electron chi connectivity index (χ4n) is 1.79. The van der Waals surface area contributed by atoms with Gasteiger partial charge in [-0.05, 0) is 19.9 Å². The summed E-state index contributed by atoms with van der Waals surface area (Å²) in [5.41, 5.74) is 6.29. The molecule has 1 heterocycles. The van der Waals surface area contributed by atoms with Gasteiger partial charge < -0.3 is 15.0 Å². The van der Waals surface area contributed by atoms with Gasteiger partial charge in [0.1, 0.15) is 6.61 Å². The maximum atomic E-state index is 12.1. The Kier molecular flexibility index (Phi) is 6.72. The van der Waals surface area contributed by atoms with Crippen LogP contribution in [0.15, 0.2) is 17.2 Å². The molecule has 0 unspecified atom stereocenters. The van der Waals surface area contributed by atoms with Crippen LogP contribution >= 0.6 is 0 Å². The Bertz CT molecular complexity index is 544. The van der Waals surface area contributed by atoms with E-state index >= 15 is 0 Å². The van der Waals surface area contributed by atoms with Crippen LogP contribution < -0.4 is 10.5 Å². The van der Waals surface area contributed by atoms with Gasteiger partial charge in [0.25, 0.3) is 6.43 Å². The van der Waals surface area contributed by atoms with Gasteiger partial charge >= 0.3 is 0 Å². The van der Waals surface area contributed by atoms with E-state index in [2.05, 4.69) is 9.46 Å². The number of aromatic nitrogens is 1. The minimum Gasteiger partial charge on any atom is -0.374 e. The van der Waals surface area contributed by atoms with Crippen molar-refractivity contribution < 1.29 is 21.9 Å². The molecule has 3 N–H and O–H groups in total. The molecule has 1 aromatic heterocycles. The highest BCUT2D eigenvalue weighted by molar-refractivity contribution is 7.89. The van der Waals surface area contributed by atoms with E-state index in [-0.39, 0.29) is 30.6 Å². The Balaban J connectivity index is 2.66. The summed E-state index contributed by atoms with van der Waals surface area (Å²) < 4.78 is 56.5. The number of nitrogens with one attached hydrogen (secondary N) is 1. The summed E-state index contributed by atoms with van der Waals surface area (Å²) >= 11 is 0. The first-order valence-corrected chi connectivity index (χ1v) is 8.02. The second-order valence-corrected chi connectivity index (χ2v) is 6.50. The Labute approximate surface area is 123 Å². The minimum atomic E-state index is -3.70. The van der Waals surface area contributed by atoms with Crippen molar-refractivity contribution in [3.8, 4) is 0 Å². The highest BCUT2D eigenvalue weighted by atomic mass is 32.2. The lowest BCUT2D eigenvalue weighted by Crippen LogP contribution is -2.27. The molecule has 0 bridgehead atoms. The summed E-state index contributed by atoms with van der Waals surface area (Å²) in [4.78, 5) is 0.102. The molecule has 0 fully saturated rings. The van der Waals surface area contributed by atoms with Crippen molar-refractivity contribution in [2.45, 2.75) is 37.8 Å². The fourth-order valence-corrected chi connectivity index (χ4v) is 2.85. The molecule has 122 valence electrons. The number of nitrogens with two attached hydrogens (primary N) is 1. The molecular formula is C12H21F2N3O3S. The number of nitrogens with zero attached hydrogens (tertiary/aromatic N) is 1. The van der Waals surface area contributed by atoms with E-state index in [1.165, 1.54) is 12.3 Å². The summed E-state index contributed by atoms with van der Waals surface area (Å²) in [6.07, 6.45) is -1.05. The van der Waals surface area contributed by atoms with Crippen LogP contribution in [0, 0.1) is 0 Å².